The van der Waals surface area contributed by atoms with E-state index in [0.29, 0.717) is 22.7 Å². The Morgan fingerprint density at radius 3 is 2.16 bits per heavy atom. The van der Waals surface area contributed by atoms with Crippen molar-refractivity contribution in [3.63, 3.8) is 0 Å². The van der Waals surface area contributed by atoms with Gasteiger partial charge in [0.1, 0.15) is 5.70 Å². The molecule has 0 radical (unpaired) electrons. The minimum atomic E-state index is -1.16. The van der Waals surface area contributed by atoms with E-state index >= 15 is 0 Å². The second kappa shape index (κ2) is 8.50. The zero-order valence-corrected chi connectivity index (χ0v) is 17.2. The number of rotatable bonds is 6. The van der Waals surface area contributed by atoms with E-state index < -0.39 is 23.4 Å². The smallest absolute Gasteiger partial charge is 0.282 e. The summed E-state index contributed by atoms with van der Waals surface area (Å²) in [4.78, 5) is 27.4. The Morgan fingerprint density at radius 1 is 0.781 bits per heavy atom. The zero-order chi connectivity index (χ0) is 22.8. The number of anilines is 2. The number of carbonyl (C=O) groups is 2. The standard InChI is InChI=1S/C24H18F2N2O4/c1-31-19-11-8-15(12-20(19)32-2)27-22-21(14-6-4-3-5-7-14)23(29)28(24(22)30)16-9-10-17(25)18(26)13-16/h3-13,27H,1-2H3. The Kier molecular flexibility index (Phi) is 5.59. The Bertz CT molecular complexity index is 1240. The number of hydrogen-bond acceptors (Lipinski definition) is 5. The van der Waals surface area contributed by atoms with Crippen LogP contribution in [-0.4, -0.2) is 26.0 Å². The highest BCUT2D eigenvalue weighted by atomic mass is 19.2. The lowest BCUT2D eigenvalue weighted by molar-refractivity contribution is -0.120. The van der Waals surface area contributed by atoms with E-state index in [2.05, 4.69) is 5.32 Å². The lowest BCUT2D eigenvalue weighted by atomic mass is 10.0. The molecule has 1 N–H and O–H groups in total. The van der Waals surface area contributed by atoms with Gasteiger partial charge in [-0.25, -0.2) is 13.7 Å². The summed E-state index contributed by atoms with van der Waals surface area (Å²) in [6.07, 6.45) is 0. The first-order chi connectivity index (χ1) is 15.4. The molecule has 2 amide bonds. The summed E-state index contributed by atoms with van der Waals surface area (Å²) in [5.41, 5.74) is 1.00. The van der Waals surface area contributed by atoms with Crippen LogP contribution in [-0.2, 0) is 9.59 Å². The molecule has 1 heterocycles. The number of carbonyl (C=O) groups excluding carboxylic acids is 2. The van der Waals surface area contributed by atoms with Crippen molar-refractivity contribution < 1.29 is 27.8 Å². The molecule has 0 saturated heterocycles. The van der Waals surface area contributed by atoms with Gasteiger partial charge in [0.25, 0.3) is 11.8 Å². The molecule has 32 heavy (non-hydrogen) atoms. The third-order valence-electron chi connectivity index (χ3n) is 4.96. The van der Waals surface area contributed by atoms with Crippen LogP contribution in [0.25, 0.3) is 5.57 Å². The molecule has 1 aliphatic rings. The van der Waals surface area contributed by atoms with Crippen molar-refractivity contribution in [1.29, 1.82) is 0 Å². The van der Waals surface area contributed by atoms with Gasteiger partial charge < -0.3 is 14.8 Å². The summed E-state index contributed by atoms with van der Waals surface area (Å²) in [6.45, 7) is 0. The minimum absolute atomic E-state index is 0.00171. The van der Waals surface area contributed by atoms with Crippen molar-refractivity contribution in [3.8, 4) is 11.5 Å². The van der Waals surface area contributed by atoms with Gasteiger partial charge in [0.2, 0.25) is 0 Å². The maximum Gasteiger partial charge on any atom is 0.282 e. The van der Waals surface area contributed by atoms with Gasteiger partial charge in [-0.3, -0.25) is 9.59 Å². The summed E-state index contributed by atoms with van der Waals surface area (Å²) in [6, 6.07) is 16.4. The molecule has 0 spiro atoms. The van der Waals surface area contributed by atoms with Crippen LogP contribution >= 0.6 is 0 Å². The van der Waals surface area contributed by atoms with Gasteiger partial charge in [0.05, 0.1) is 25.5 Å². The Labute approximate surface area is 182 Å². The molecule has 3 aromatic rings. The summed E-state index contributed by atoms with van der Waals surface area (Å²) < 4.78 is 37.8. The van der Waals surface area contributed by atoms with E-state index in [-0.39, 0.29) is 17.0 Å². The lowest BCUT2D eigenvalue weighted by Gasteiger charge is -2.16. The fourth-order valence-electron chi connectivity index (χ4n) is 3.44. The fourth-order valence-corrected chi connectivity index (χ4v) is 3.44. The minimum Gasteiger partial charge on any atom is -0.493 e. The number of nitrogens with one attached hydrogen (secondary N) is 1. The first-order valence-corrected chi connectivity index (χ1v) is 9.57. The van der Waals surface area contributed by atoms with Gasteiger partial charge in [0.15, 0.2) is 23.1 Å². The zero-order valence-electron chi connectivity index (χ0n) is 17.2. The van der Waals surface area contributed by atoms with Gasteiger partial charge >= 0.3 is 0 Å². The van der Waals surface area contributed by atoms with Crippen molar-refractivity contribution in [3.05, 3.63) is 89.6 Å². The Hall–Kier alpha value is -4.20. The number of halogens is 2. The quantitative estimate of drug-likeness (QED) is 0.581. The summed E-state index contributed by atoms with van der Waals surface area (Å²) in [5, 5.41) is 2.99. The van der Waals surface area contributed by atoms with Crippen LogP contribution in [0.3, 0.4) is 0 Å². The summed E-state index contributed by atoms with van der Waals surface area (Å²) in [7, 11) is 2.98. The first-order valence-electron chi connectivity index (χ1n) is 9.57. The predicted octanol–water partition coefficient (Wildman–Crippen LogP) is 4.38. The molecular formula is C24H18F2N2O4. The number of nitrogens with zero attached hydrogens (tertiary/aromatic N) is 1. The number of methoxy groups -OCH3 is 2. The average molecular weight is 436 g/mol. The van der Waals surface area contributed by atoms with Crippen LogP contribution < -0.4 is 19.7 Å². The number of ether oxygens (including phenoxy) is 2. The largest absolute Gasteiger partial charge is 0.493 e. The van der Waals surface area contributed by atoms with Gasteiger partial charge in [-0.1, -0.05) is 30.3 Å². The molecule has 3 aromatic carbocycles. The van der Waals surface area contributed by atoms with E-state index in [9.17, 15) is 18.4 Å². The number of imide groups is 1. The number of amides is 2. The normalized spacial score (nSPS) is 13.6. The van der Waals surface area contributed by atoms with Gasteiger partial charge in [0, 0.05) is 17.8 Å². The topological polar surface area (TPSA) is 67.9 Å². The van der Waals surface area contributed by atoms with E-state index in [0.717, 1.165) is 17.0 Å². The Morgan fingerprint density at radius 2 is 1.50 bits per heavy atom. The molecule has 0 aliphatic carbocycles. The second-order valence-corrected chi connectivity index (χ2v) is 6.85. The van der Waals surface area contributed by atoms with Crippen LogP contribution in [0.15, 0.2) is 72.4 Å². The van der Waals surface area contributed by atoms with Crippen LogP contribution in [0, 0.1) is 11.6 Å². The van der Waals surface area contributed by atoms with E-state index in [4.69, 9.17) is 9.47 Å². The average Bonchev–Trinajstić information content (AvgIpc) is 3.05. The molecule has 0 aromatic heterocycles. The maximum absolute atomic E-state index is 13.8. The fraction of sp³-hybridized carbons (Fsp3) is 0.0833. The van der Waals surface area contributed by atoms with Gasteiger partial charge in [-0.15, -0.1) is 0 Å². The molecule has 0 atom stereocenters. The van der Waals surface area contributed by atoms with Crippen molar-refractivity contribution in [2.24, 2.45) is 0 Å². The van der Waals surface area contributed by atoms with E-state index in [1.165, 1.54) is 20.3 Å². The first kappa shape index (κ1) is 21.0. The monoisotopic (exact) mass is 436 g/mol. The van der Waals surface area contributed by atoms with Crippen molar-refractivity contribution in [2.75, 3.05) is 24.4 Å². The number of benzene rings is 3. The molecule has 6 nitrogen and oxygen atoms in total. The molecule has 8 heteroatoms. The van der Waals surface area contributed by atoms with E-state index in [1.807, 2.05) is 0 Å². The predicted molar refractivity (Wildman–Crippen MR) is 115 cm³/mol. The van der Waals surface area contributed by atoms with Crippen molar-refractivity contribution in [1.82, 2.24) is 0 Å². The maximum atomic E-state index is 13.8. The molecular weight excluding hydrogens is 418 g/mol. The van der Waals surface area contributed by atoms with Crippen molar-refractivity contribution in [2.45, 2.75) is 0 Å². The molecule has 162 valence electrons. The van der Waals surface area contributed by atoms with Crippen LogP contribution in [0.1, 0.15) is 5.56 Å². The Balaban J connectivity index is 1.80. The van der Waals surface area contributed by atoms with Crippen LogP contribution in [0.4, 0.5) is 20.2 Å². The van der Waals surface area contributed by atoms with Gasteiger partial charge in [-0.2, -0.15) is 0 Å². The molecule has 0 bridgehead atoms. The van der Waals surface area contributed by atoms with Crippen molar-refractivity contribution >= 4 is 28.8 Å². The molecule has 0 unspecified atom stereocenters. The summed E-state index contributed by atoms with van der Waals surface area (Å²) >= 11 is 0. The van der Waals surface area contributed by atoms with Crippen LogP contribution in [0.5, 0.6) is 11.5 Å². The lowest BCUT2D eigenvalue weighted by Crippen LogP contribution is -2.32. The number of hydrogen-bond donors (Lipinski definition) is 1. The molecule has 4 rings (SSSR count). The molecule has 1 aliphatic heterocycles. The highest BCUT2D eigenvalue weighted by molar-refractivity contribution is 6.46. The molecule has 0 fully saturated rings. The second-order valence-electron chi connectivity index (χ2n) is 6.85. The molecule has 0 saturated carbocycles. The van der Waals surface area contributed by atoms with E-state index in [1.54, 1.807) is 48.5 Å². The summed E-state index contributed by atoms with van der Waals surface area (Å²) in [5.74, 6) is -2.68. The highest BCUT2D eigenvalue weighted by Crippen LogP contribution is 2.36. The third-order valence-corrected chi connectivity index (χ3v) is 4.96. The third kappa shape index (κ3) is 3.66. The van der Waals surface area contributed by atoms with Gasteiger partial charge in [-0.05, 0) is 29.8 Å². The highest BCUT2D eigenvalue weighted by Gasteiger charge is 2.40. The van der Waals surface area contributed by atoms with Crippen LogP contribution in [0.2, 0.25) is 0 Å². The SMILES string of the molecule is COc1ccc(NC2=C(c3ccccc3)C(=O)N(c3ccc(F)c(F)c3)C2=O)cc1OC.